The van der Waals surface area contributed by atoms with E-state index >= 15 is 0 Å². The van der Waals surface area contributed by atoms with Crippen LogP contribution in [-0.2, 0) is 19.9 Å². The molecule has 1 spiro atoms. The lowest BCUT2D eigenvalue weighted by molar-refractivity contribution is -0.135. The molecule has 164 valence electrons. The largest absolute Gasteiger partial charge is 0.324 e. The van der Waals surface area contributed by atoms with E-state index in [9.17, 15) is 14.4 Å². The van der Waals surface area contributed by atoms with E-state index in [1.165, 1.54) is 4.90 Å². The second kappa shape index (κ2) is 6.42. The molecule has 4 aliphatic rings. The standard InChI is InChI=1S/C25H24ClN3O3/c1-12-6-7-15(11-13(12)2)29-22(30)19-18-5-4-10-28(18)25(20(19)23(29)31)16-8-9-17(26)14(3)21(16)27-24(25)32/h6-9,11,18-20H,4-5,10H2,1-3H3,(H,27,32)/t18-,19+,20+,25+/m0/s1. The Labute approximate surface area is 191 Å². The molecule has 4 heterocycles. The first-order valence-corrected chi connectivity index (χ1v) is 11.5. The maximum atomic E-state index is 14.0. The predicted octanol–water partition coefficient (Wildman–Crippen LogP) is 3.70. The Kier molecular flexibility index (Phi) is 4.00. The molecule has 0 unspecified atom stereocenters. The lowest BCUT2D eigenvalue weighted by Crippen LogP contribution is -2.54. The van der Waals surface area contributed by atoms with Crippen LogP contribution in [0.2, 0.25) is 5.02 Å². The number of fused-ring (bicyclic) bond motifs is 7. The zero-order chi connectivity index (χ0) is 22.5. The highest BCUT2D eigenvalue weighted by molar-refractivity contribution is 6.32. The van der Waals surface area contributed by atoms with Gasteiger partial charge in [0.2, 0.25) is 17.7 Å². The first kappa shape index (κ1) is 19.9. The molecule has 4 atom stereocenters. The predicted molar refractivity (Wildman–Crippen MR) is 122 cm³/mol. The van der Waals surface area contributed by atoms with Crippen LogP contribution >= 0.6 is 11.6 Å². The quantitative estimate of drug-likeness (QED) is 0.674. The van der Waals surface area contributed by atoms with Gasteiger partial charge in [0, 0.05) is 16.6 Å². The van der Waals surface area contributed by atoms with E-state index in [0.29, 0.717) is 22.9 Å². The molecule has 6 rings (SSSR count). The molecule has 2 aromatic rings. The average molecular weight is 450 g/mol. The third-order valence-electron chi connectivity index (χ3n) is 8.11. The summed E-state index contributed by atoms with van der Waals surface area (Å²) in [5.41, 5.74) is 3.78. The summed E-state index contributed by atoms with van der Waals surface area (Å²) in [6, 6.07) is 9.17. The zero-order valence-electron chi connectivity index (χ0n) is 18.2. The van der Waals surface area contributed by atoms with Gasteiger partial charge < -0.3 is 5.32 Å². The fourth-order valence-electron chi connectivity index (χ4n) is 6.51. The second-order valence-corrected chi connectivity index (χ2v) is 9.91. The van der Waals surface area contributed by atoms with Crippen LogP contribution < -0.4 is 10.2 Å². The van der Waals surface area contributed by atoms with Gasteiger partial charge in [0.1, 0.15) is 5.54 Å². The number of rotatable bonds is 1. The lowest BCUT2D eigenvalue weighted by Gasteiger charge is -2.36. The second-order valence-electron chi connectivity index (χ2n) is 9.50. The summed E-state index contributed by atoms with van der Waals surface area (Å²) in [6.45, 7) is 6.53. The fraction of sp³-hybridized carbons (Fsp3) is 0.400. The molecule has 0 radical (unpaired) electrons. The molecule has 1 N–H and O–H groups in total. The number of imide groups is 1. The SMILES string of the molecule is Cc1ccc(N2C(=O)[C@@H]3[C@@H]4CCCN4[C@@]4(C(=O)Nc5c4ccc(Cl)c5C)[C@H]3C2=O)cc1C. The van der Waals surface area contributed by atoms with E-state index in [-0.39, 0.29) is 23.8 Å². The topological polar surface area (TPSA) is 69.7 Å². The molecule has 7 heteroatoms. The molecule has 0 aliphatic carbocycles. The molecule has 2 aromatic carbocycles. The highest BCUT2D eigenvalue weighted by Gasteiger charge is 2.74. The molecular weight excluding hydrogens is 426 g/mol. The van der Waals surface area contributed by atoms with Crippen LogP contribution in [0.3, 0.4) is 0 Å². The smallest absolute Gasteiger partial charge is 0.250 e. The minimum Gasteiger partial charge on any atom is -0.324 e. The Balaban J connectivity index is 1.56. The number of carbonyl (C=O) groups is 3. The number of anilines is 2. The maximum Gasteiger partial charge on any atom is 0.250 e. The highest BCUT2D eigenvalue weighted by Crippen LogP contribution is 2.61. The molecular formula is C25H24ClN3O3. The van der Waals surface area contributed by atoms with Crippen LogP contribution in [0.25, 0.3) is 0 Å². The van der Waals surface area contributed by atoms with E-state index in [4.69, 9.17) is 11.6 Å². The van der Waals surface area contributed by atoms with Crippen molar-refractivity contribution in [1.82, 2.24) is 4.90 Å². The Morgan fingerprint density at radius 1 is 1.03 bits per heavy atom. The van der Waals surface area contributed by atoms with E-state index in [1.54, 1.807) is 6.07 Å². The molecule has 0 saturated carbocycles. The van der Waals surface area contributed by atoms with E-state index in [0.717, 1.165) is 35.1 Å². The van der Waals surface area contributed by atoms with Crippen LogP contribution in [0.4, 0.5) is 11.4 Å². The lowest BCUT2D eigenvalue weighted by atomic mass is 9.75. The van der Waals surface area contributed by atoms with Crippen LogP contribution in [0.5, 0.6) is 0 Å². The summed E-state index contributed by atoms with van der Waals surface area (Å²) in [5.74, 6) is -1.97. The van der Waals surface area contributed by atoms with Crippen molar-refractivity contribution in [2.75, 3.05) is 16.8 Å². The van der Waals surface area contributed by atoms with Gasteiger partial charge in [-0.15, -0.1) is 0 Å². The first-order valence-electron chi connectivity index (χ1n) is 11.1. The molecule has 0 aromatic heterocycles. The molecule has 32 heavy (non-hydrogen) atoms. The normalized spacial score (nSPS) is 30.8. The minimum atomic E-state index is -1.17. The van der Waals surface area contributed by atoms with Gasteiger partial charge in [0.15, 0.2) is 0 Å². The molecule has 3 fully saturated rings. The summed E-state index contributed by atoms with van der Waals surface area (Å²) in [6.07, 6.45) is 1.70. The Hall–Kier alpha value is -2.70. The van der Waals surface area contributed by atoms with Gasteiger partial charge in [-0.2, -0.15) is 0 Å². The number of nitrogens with one attached hydrogen (secondary N) is 1. The Morgan fingerprint density at radius 3 is 2.56 bits per heavy atom. The summed E-state index contributed by atoms with van der Waals surface area (Å²) in [5, 5.41) is 3.59. The van der Waals surface area contributed by atoms with Crippen LogP contribution in [0.15, 0.2) is 30.3 Å². The van der Waals surface area contributed by atoms with Gasteiger partial charge in [-0.25, -0.2) is 4.90 Å². The summed E-state index contributed by atoms with van der Waals surface area (Å²) >= 11 is 6.35. The number of halogens is 1. The molecule has 3 saturated heterocycles. The number of amides is 3. The Bertz CT molecular complexity index is 1240. The van der Waals surface area contributed by atoms with Crippen molar-refractivity contribution >= 4 is 40.7 Å². The molecule has 3 amide bonds. The maximum absolute atomic E-state index is 14.0. The summed E-state index contributed by atoms with van der Waals surface area (Å²) in [4.78, 5) is 44.9. The third-order valence-corrected chi connectivity index (χ3v) is 8.52. The van der Waals surface area contributed by atoms with Crippen molar-refractivity contribution in [2.45, 2.75) is 45.2 Å². The van der Waals surface area contributed by atoms with Gasteiger partial charge in [-0.3, -0.25) is 19.3 Å². The minimum absolute atomic E-state index is 0.124. The number of hydrogen-bond acceptors (Lipinski definition) is 4. The van der Waals surface area contributed by atoms with Gasteiger partial charge in [0.05, 0.1) is 23.2 Å². The third kappa shape index (κ3) is 2.17. The molecule has 4 aliphatic heterocycles. The monoisotopic (exact) mass is 449 g/mol. The van der Waals surface area contributed by atoms with E-state index in [2.05, 4.69) is 10.2 Å². The number of carbonyl (C=O) groups excluding carboxylic acids is 3. The summed E-state index contributed by atoms with van der Waals surface area (Å²) < 4.78 is 0. The van der Waals surface area contributed by atoms with Crippen molar-refractivity contribution in [2.24, 2.45) is 11.8 Å². The van der Waals surface area contributed by atoms with Gasteiger partial charge in [-0.1, -0.05) is 23.7 Å². The van der Waals surface area contributed by atoms with Crippen molar-refractivity contribution in [3.8, 4) is 0 Å². The van der Waals surface area contributed by atoms with Crippen molar-refractivity contribution in [3.05, 3.63) is 57.6 Å². The van der Waals surface area contributed by atoms with Crippen LogP contribution in [0.1, 0.15) is 35.1 Å². The van der Waals surface area contributed by atoms with Crippen molar-refractivity contribution < 1.29 is 14.4 Å². The van der Waals surface area contributed by atoms with Crippen molar-refractivity contribution in [1.29, 1.82) is 0 Å². The number of hydrogen-bond donors (Lipinski definition) is 1. The molecule has 6 nitrogen and oxygen atoms in total. The number of nitrogens with zero attached hydrogens (tertiary/aromatic N) is 2. The molecule has 0 bridgehead atoms. The first-order chi connectivity index (χ1) is 15.3. The van der Waals surface area contributed by atoms with Gasteiger partial charge >= 0.3 is 0 Å². The van der Waals surface area contributed by atoms with Crippen molar-refractivity contribution in [3.63, 3.8) is 0 Å². The van der Waals surface area contributed by atoms with Gasteiger partial charge in [0.25, 0.3) is 0 Å². The fourth-order valence-corrected chi connectivity index (χ4v) is 6.67. The summed E-state index contributed by atoms with van der Waals surface area (Å²) in [7, 11) is 0. The van der Waals surface area contributed by atoms with Crippen LogP contribution in [-0.4, -0.2) is 35.2 Å². The van der Waals surface area contributed by atoms with Gasteiger partial charge in [-0.05, 0) is 75.0 Å². The van der Waals surface area contributed by atoms with E-state index < -0.39 is 17.4 Å². The zero-order valence-corrected chi connectivity index (χ0v) is 19.0. The van der Waals surface area contributed by atoms with E-state index in [1.807, 2.05) is 45.0 Å². The van der Waals surface area contributed by atoms with Crippen LogP contribution in [0, 0.1) is 32.6 Å². The number of benzene rings is 2. The number of aryl methyl sites for hydroxylation is 2. The average Bonchev–Trinajstić information content (AvgIpc) is 3.46. The highest BCUT2D eigenvalue weighted by atomic mass is 35.5. The Morgan fingerprint density at radius 2 is 1.81 bits per heavy atom.